The van der Waals surface area contributed by atoms with Crippen molar-refractivity contribution in [3.8, 4) is 23.5 Å². The summed E-state index contributed by atoms with van der Waals surface area (Å²) in [6.07, 6.45) is 0. The number of esters is 2. The van der Waals surface area contributed by atoms with Crippen molar-refractivity contribution < 1.29 is 38.1 Å². The Kier molecular flexibility index (Phi) is 10.0. The molecule has 4 aromatic carbocycles. The van der Waals surface area contributed by atoms with Crippen LogP contribution in [0, 0.1) is 13.8 Å². The van der Waals surface area contributed by atoms with E-state index >= 15 is 0 Å². The van der Waals surface area contributed by atoms with Crippen molar-refractivity contribution in [3.05, 3.63) is 103 Å². The van der Waals surface area contributed by atoms with Crippen molar-refractivity contribution in [3.63, 3.8) is 0 Å². The quantitative estimate of drug-likeness (QED) is 0.149. The third-order valence-electron chi connectivity index (χ3n) is 8.36. The van der Waals surface area contributed by atoms with Gasteiger partial charge in [-0.25, -0.2) is 9.59 Å². The molecule has 0 unspecified atom stereocenters. The van der Waals surface area contributed by atoms with Crippen LogP contribution in [0.1, 0.15) is 52.6 Å². The molecule has 0 radical (unpaired) electrons. The fourth-order valence-electron chi connectivity index (χ4n) is 5.77. The highest BCUT2D eigenvalue weighted by molar-refractivity contribution is 9.11. The van der Waals surface area contributed by atoms with Crippen molar-refractivity contribution in [1.29, 1.82) is 0 Å². The lowest BCUT2D eigenvalue weighted by Gasteiger charge is -2.14. The number of amides is 2. The lowest BCUT2D eigenvalue weighted by Crippen LogP contribution is -2.17. The van der Waals surface area contributed by atoms with Gasteiger partial charge in [0.05, 0.1) is 47.5 Å². The zero-order valence-corrected chi connectivity index (χ0v) is 31.3. The third kappa shape index (κ3) is 6.46. The number of primary amides is 2. The van der Waals surface area contributed by atoms with E-state index in [0.29, 0.717) is 20.0 Å². The Morgan fingerprint density at radius 1 is 0.615 bits per heavy atom. The first-order valence-electron chi connectivity index (χ1n) is 15.5. The second-order valence-corrected chi connectivity index (χ2v) is 13.1. The van der Waals surface area contributed by atoms with E-state index in [1.165, 1.54) is 26.4 Å². The molecule has 6 aromatic rings. The minimum absolute atomic E-state index is 0.0528. The van der Waals surface area contributed by atoms with Crippen LogP contribution in [-0.4, -0.2) is 57.1 Å². The molecule has 2 aromatic heterocycles. The molecule has 0 fully saturated rings. The van der Waals surface area contributed by atoms with Gasteiger partial charge in [-0.05, 0) is 93.2 Å². The van der Waals surface area contributed by atoms with Gasteiger partial charge in [-0.3, -0.25) is 18.7 Å². The summed E-state index contributed by atoms with van der Waals surface area (Å²) in [7, 11) is 2.74. The standard InChI is InChI=1S/C36H30Br2N6O8/c1-17-7-5-9-19(25(17)37)33(47)51-35-41-27-23(13-11-21(31(39)45)29(27)49-3)43(35)15-16-44-24-14-12-22(32(40)46)30(50-4)28(24)42-36(44)52-34(48)20-10-6-8-18(2)26(20)38/h5-14H,15-16H2,1-4H3,(H2,39,45)(H2,40,46). The molecule has 4 N–H and O–H groups in total. The number of carbonyl (C=O) groups is 4. The van der Waals surface area contributed by atoms with Crippen molar-refractivity contribution in [2.24, 2.45) is 11.5 Å². The maximum atomic E-state index is 13.5. The van der Waals surface area contributed by atoms with Crippen LogP contribution in [0.4, 0.5) is 0 Å². The molecule has 0 bridgehead atoms. The summed E-state index contributed by atoms with van der Waals surface area (Å²) in [4.78, 5) is 60.7. The van der Waals surface area contributed by atoms with Crippen LogP contribution < -0.4 is 30.4 Å². The number of rotatable bonds is 11. The van der Waals surface area contributed by atoms with Gasteiger partial charge in [0.15, 0.2) is 11.5 Å². The summed E-state index contributed by atoms with van der Waals surface area (Å²) in [5.41, 5.74) is 14.9. The van der Waals surface area contributed by atoms with E-state index in [4.69, 9.17) is 30.4 Å². The summed E-state index contributed by atoms with van der Waals surface area (Å²) >= 11 is 6.92. The largest absolute Gasteiger partial charge is 0.494 e. The predicted octanol–water partition coefficient (Wildman–Crippen LogP) is 5.88. The molecule has 14 nitrogen and oxygen atoms in total. The summed E-state index contributed by atoms with van der Waals surface area (Å²) < 4.78 is 27.2. The minimum Gasteiger partial charge on any atom is -0.494 e. The molecule has 6 rings (SSSR count). The first-order valence-corrected chi connectivity index (χ1v) is 17.1. The third-order valence-corrected chi connectivity index (χ3v) is 10.5. The molecule has 16 heteroatoms. The Hall–Kier alpha value is -5.74. The average molecular weight is 834 g/mol. The molecule has 0 atom stereocenters. The van der Waals surface area contributed by atoms with Crippen LogP contribution in [0.25, 0.3) is 22.1 Å². The predicted molar refractivity (Wildman–Crippen MR) is 197 cm³/mol. The van der Waals surface area contributed by atoms with Gasteiger partial charge in [-0.2, -0.15) is 9.97 Å². The van der Waals surface area contributed by atoms with Crippen molar-refractivity contribution >= 4 is 77.7 Å². The first kappa shape index (κ1) is 36.1. The summed E-state index contributed by atoms with van der Waals surface area (Å²) in [6.45, 7) is 3.78. The number of halogens is 2. The number of methoxy groups -OCH3 is 2. The van der Waals surface area contributed by atoms with Gasteiger partial charge < -0.3 is 30.4 Å². The number of nitrogens with two attached hydrogens (primary N) is 2. The van der Waals surface area contributed by atoms with Gasteiger partial charge in [-0.15, -0.1) is 0 Å². The highest BCUT2D eigenvalue weighted by atomic mass is 79.9. The molecular formula is C36H30Br2N6O8. The van der Waals surface area contributed by atoms with Crippen LogP contribution in [0.15, 0.2) is 69.6 Å². The molecule has 2 amide bonds. The van der Waals surface area contributed by atoms with Crippen LogP contribution >= 0.6 is 31.9 Å². The zero-order chi connectivity index (χ0) is 37.4. The zero-order valence-electron chi connectivity index (χ0n) is 28.2. The molecule has 266 valence electrons. The molecule has 0 saturated carbocycles. The van der Waals surface area contributed by atoms with Crippen molar-refractivity contribution in [2.45, 2.75) is 26.9 Å². The van der Waals surface area contributed by atoms with Gasteiger partial charge >= 0.3 is 24.0 Å². The molecular weight excluding hydrogens is 804 g/mol. The van der Waals surface area contributed by atoms with E-state index in [1.807, 2.05) is 26.0 Å². The van der Waals surface area contributed by atoms with E-state index in [-0.39, 0.29) is 69.9 Å². The second-order valence-electron chi connectivity index (χ2n) is 11.5. The van der Waals surface area contributed by atoms with Gasteiger partial charge in [0.25, 0.3) is 11.8 Å². The van der Waals surface area contributed by atoms with Gasteiger partial charge in [0.2, 0.25) is 0 Å². The van der Waals surface area contributed by atoms with Crippen molar-refractivity contribution in [1.82, 2.24) is 19.1 Å². The van der Waals surface area contributed by atoms with Crippen LogP contribution in [0.5, 0.6) is 23.5 Å². The Morgan fingerprint density at radius 3 is 1.35 bits per heavy atom. The van der Waals surface area contributed by atoms with Crippen molar-refractivity contribution in [2.75, 3.05) is 14.2 Å². The Labute approximate surface area is 312 Å². The number of benzene rings is 4. The molecule has 0 spiro atoms. The monoisotopic (exact) mass is 832 g/mol. The number of aryl methyl sites for hydroxylation is 4. The number of hydrogen-bond donors (Lipinski definition) is 2. The van der Waals surface area contributed by atoms with Gasteiger partial charge in [-0.1, -0.05) is 24.3 Å². The number of hydrogen-bond acceptors (Lipinski definition) is 10. The molecule has 52 heavy (non-hydrogen) atoms. The molecule has 0 saturated heterocycles. The number of ether oxygens (including phenoxy) is 4. The molecule has 0 aliphatic carbocycles. The maximum Gasteiger partial charge on any atom is 0.347 e. The smallest absolute Gasteiger partial charge is 0.347 e. The van der Waals surface area contributed by atoms with E-state index < -0.39 is 23.8 Å². The van der Waals surface area contributed by atoms with E-state index in [2.05, 4.69) is 41.8 Å². The SMILES string of the molecule is COc1c(C(N)=O)ccc2c1nc(OC(=O)c1cccc(C)c1Br)n2CCn1c(OC(=O)c2cccc(C)c2Br)nc2c(OC)c(C(N)=O)ccc21. The molecule has 2 heterocycles. The number of aromatic nitrogens is 4. The summed E-state index contributed by atoms with van der Waals surface area (Å²) in [6, 6.07) is 16.3. The number of nitrogens with zero attached hydrogens (tertiary/aromatic N) is 4. The lowest BCUT2D eigenvalue weighted by atomic mass is 10.1. The van der Waals surface area contributed by atoms with Crippen LogP contribution in [0.3, 0.4) is 0 Å². The average Bonchev–Trinajstić information content (AvgIpc) is 3.64. The van der Waals surface area contributed by atoms with E-state index in [1.54, 1.807) is 45.5 Å². The summed E-state index contributed by atoms with van der Waals surface area (Å²) in [5, 5.41) is 0. The number of fused-ring (bicyclic) bond motifs is 2. The minimum atomic E-state index is -0.739. The second kappa shape index (κ2) is 14.5. The Morgan fingerprint density at radius 2 is 1.00 bits per heavy atom. The van der Waals surface area contributed by atoms with E-state index in [0.717, 1.165) is 11.1 Å². The van der Waals surface area contributed by atoms with Gasteiger partial charge in [0, 0.05) is 22.0 Å². The Balaban J connectivity index is 1.49. The number of carbonyl (C=O) groups excluding carboxylic acids is 4. The highest BCUT2D eigenvalue weighted by Gasteiger charge is 2.27. The normalized spacial score (nSPS) is 11.1. The fourth-order valence-corrected chi connectivity index (χ4v) is 6.62. The maximum absolute atomic E-state index is 13.5. The fraction of sp³-hybridized carbons (Fsp3) is 0.167. The topological polar surface area (TPSA) is 193 Å². The van der Waals surface area contributed by atoms with Gasteiger partial charge in [0.1, 0.15) is 11.0 Å². The number of imidazole rings is 2. The molecule has 0 aliphatic heterocycles. The van der Waals surface area contributed by atoms with Crippen LogP contribution in [-0.2, 0) is 13.1 Å². The Bertz CT molecular complexity index is 2290. The lowest BCUT2D eigenvalue weighted by molar-refractivity contribution is 0.0697. The summed E-state index contributed by atoms with van der Waals surface area (Å²) in [5.74, 6) is -2.69. The molecule has 0 aliphatic rings. The first-order chi connectivity index (χ1) is 24.9. The highest BCUT2D eigenvalue weighted by Crippen LogP contribution is 2.36. The van der Waals surface area contributed by atoms with E-state index in [9.17, 15) is 19.2 Å². The van der Waals surface area contributed by atoms with Crippen LogP contribution in [0.2, 0.25) is 0 Å².